The summed E-state index contributed by atoms with van der Waals surface area (Å²) in [5, 5.41) is 4.16. The fourth-order valence-corrected chi connectivity index (χ4v) is 3.28. The number of hydrogen-bond donors (Lipinski definition) is 1. The van der Waals surface area contributed by atoms with Crippen molar-refractivity contribution in [1.82, 2.24) is 10.2 Å². The standard InChI is InChI=1S/C21H25ClN2O2/c22-20-9-2-1-7-18(20)16-26-19-8-3-6-17(14-19)15-23-11-5-13-24-12-4-10-21(24)25/h1-3,6-9,14,23H,4-5,10-13,15-16H2. The quantitative estimate of drug-likeness (QED) is 0.676. The summed E-state index contributed by atoms with van der Waals surface area (Å²) in [4.78, 5) is 13.5. The maximum atomic E-state index is 11.6. The van der Waals surface area contributed by atoms with Gasteiger partial charge in [0.1, 0.15) is 12.4 Å². The second kappa shape index (κ2) is 9.60. The number of carbonyl (C=O) groups is 1. The van der Waals surface area contributed by atoms with Gasteiger partial charge >= 0.3 is 0 Å². The molecule has 138 valence electrons. The van der Waals surface area contributed by atoms with Crippen LogP contribution in [0.4, 0.5) is 0 Å². The molecule has 0 spiro atoms. The largest absolute Gasteiger partial charge is 0.489 e. The summed E-state index contributed by atoms with van der Waals surface area (Å²) < 4.78 is 5.86. The van der Waals surface area contributed by atoms with Crippen LogP contribution in [0.2, 0.25) is 5.02 Å². The van der Waals surface area contributed by atoms with Gasteiger partial charge in [-0.1, -0.05) is 41.9 Å². The normalized spacial score (nSPS) is 14.0. The van der Waals surface area contributed by atoms with Crippen LogP contribution in [0.25, 0.3) is 0 Å². The van der Waals surface area contributed by atoms with Gasteiger partial charge in [-0.3, -0.25) is 4.79 Å². The van der Waals surface area contributed by atoms with Crippen LogP contribution in [0.5, 0.6) is 5.75 Å². The van der Waals surface area contributed by atoms with E-state index in [4.69, 9.17) is 16.3 Å². The Balaban J connectivity index is 1.39. The smallest absolute Gasteiger partial charge is 0.222 e. The van der Waals surface area contributed by atoms with Crippen LogP contribution in [-0.4, -0.2) is 30.4 Å². The molecule has 0 saturated carbocycles. The number of hydrogen-bond acceptors (Lipinski definition) is 3. The van der Waals surface area contributed by atoms with Gasteiger partial charge in [-0.05, 0) is 43.1 Å². The average molecular weight is 373 g/mol. The Morgan fingerprint density at radius 2 is 2.04 bits per heavy atom. The number of carbonyl (C=O) groups excluding carboxylic acids is 1. The van der Waals surface area contributed by atoms with E-state index in [0.29, 0.717) is 18.9 Å². The monoisotopic (exact) mass is 372 g/mol. The lowest BCUT2D eigenvalue weighted by Gasteiger charge is -2.15. The molecule has 1 aliphatic rings. The van der Waals surface area contributed by atoms with Crippen molar-refractivity contribution >= 4 is 17.5 Å². The Bertz CT molecular complexity index is 735. The third kappa shape index (κ3) is 5.48. The lowest BCUT2D eigenvalue weighted by molar-refractivity contribution is -0.127. The molecule has 26 heavy (non-hydrogen) atoms. The minimum absolute atomic E-state index is 0.299. The first-order valence-corrected chi connectivity index (χ1v) is 9.54. The van der Waals surface area contributed by atoms with Gasteiger partial charge in [0.15, 0.2) is 0 Å². The molecule has 1 aliphatic heterocycles. The molecule has 1 heterocycles. The van der Waals surface area contributed by atoms with E-state index in [-0.39, 0.29) is 0 Å². The molecule has 2 aromatic carbocycles. The minimum Gasteiger partial charge on any atom is -0.489 e. The number of benzene rings is 2. The van der Waals surface area contributed by atoms with E-state index < -0.39 is 0 Å². The highest BCUT2D eigenvalue weighted by Gasteiger charge is 2.18. The van der Waals surface area contributed by atoms with Crippen molar-refractivity contribution in [2.24, 2.45) is 0 Å². The third-order valence-corrected chi connectivity index (χ3v) is 4.90. The first-order valence-electron chi connectivity index (χ1n) is 9.16. The number of ether oxygens (including phenoxy) is 1. The summed E-state index contributed by atoms with van der Waals surface area (Å²) >= 11 is 6.16. The molecule has 0 aliphatic carbocycles. The predicted octanol–water partition coefficient (Wildman–Crippen LogP) is 4.02. The van der Waals surface area contributed by atoms with Gasteiger partial charge < -0.3 is 15.0 Å². The average Bonchev–Trinajstić information content (AvgIpc) is 3.06. The SMILES string of the molecule is O=C1CCCN1CCCNCc1cccc(OCc2ccccc2Cl)c1. The van der Waals surface area contributed by atoms with Crippen molar-refractivity contribution < 1.29 is 9.53 Å². The number of nitrogens with zero attached hydrogens (tertiary/aromatic N) is 1. The van der Waals surface area contributed by atoms with Crippen molar-refractivity contribution in [2.75, 3.05) is 19.6 Å². The molecular weight excluding hydrogens is 348 g/mol. The molecule has 0 aromatic heterocycles. The molecular formula is C21H25ClN2O2. The Hall–Kier alpha value is -2.04. The highest BCUT2D eigenvalue weighted by atomic mass is 35.5. The molecule has 0 radical (unpaired) electrons. The Morgan fingerprint density at radius 3 is 2.85 bits per heavy atom. The van der Waals surface area contributed by atoms with Gasteiger partial charge in [0.05, 0.1) is 0 Å². The van der Waals surface area contributed by atoms with E-state index in [1.807, 2.05) is 47.4 Å². The molecule has 1 amide bonds. The van der Waals surface area contributed by atoms with Crippen LogP contribution >= 0.6 is 11.6 Å². The van der Waals surface area contributed by atoms with Gasteiger partial charge in [0, 0.05) is 36.6 Å². The number of halogens is 1. The van der Waals surface area contributed by atoms with Gasteiger partial charge in [-0.25, -0.2) is 0 Å². The van der Waals surface area contributed by atoms with Crippen LogP contribution in [0, 0.1) is 0 Å². The zero-order valence-corrected chi connectivity index (χ0v) is 15.7. The molecule has 3 rings (SSSR count). The fourth-order valence-electron chi connectivity index (χ4n) is 3.09. The second-order valence-corrected chi connectivity index (χ2v) is 6.95. The lowest BCUT2D eigenvalue weighted by atomic mass is 10.2. The number of nitrogens with one attached hydrogen (secondary N) is 1. The zero-order chi connectivity index (χ0) is 18.2. The van der Waals surface area contributed by atoms with Crippen LogP contribution in [0.3, 0.4) is 0 Å². The maximum Gasteiger partial charge on any atom is 0.222 e. The molecule has 0 atom stereocenters. The number of likely N-dealkylation sites (tertiary alicyclic amines) is 1. The number of amides is 1. The van der Waals surface area contributed by atoms with Crippen molar-refractivity contribution in [1.29, 1.82) is 0 Å². The summed E-state index contributed by atoms with van der Waals surface area (Å²) in [7, 11) is 0. The van der Waals surface area contributed by atoms with E-state index in [9.17, 15) is 4.79 Å². The Kier molecular flexibility index (Phi) is 6.92. The van der Waals surface area contributed by atoms with Crippen molar-refractivity contribution in [3.63, 3.8) is 0 Å². The van der Waals surface area contributed by atoms with E-state index in [1.54, 1.807) is 0 Å². The summed E-state index contributed by atoms with van der Waals surface area (Å²) in [5.74, 6) is 1.14. The van der Waals surface area contributed by atoms with Crippen LogP contribution in [0.1, 0.15) is 30.4 Å². The van der Waals surface area contributed by atoms with Crippen LogP contribution in [-0.2, 0) is 17.9 Å². The zero-order valence-electron chi connectivity index (χ0n) is 14.9. The van der Waals surface area contributed by atoms with Gasteiger partial charge in [-0.2, -0.15) is 0 Å². The Morgan fingerprint density at radius 1 is 1.15 bits per heavy atom. The van der Waals surface area contributed by atoms with E-state index in [0.717, 1.165) is 55.4 Å². The molecule has 0 bridgehead atoms. The van der Waals surface area contributed by atoms with Crippen molar-refractivity contribution in [3.05, 3.63) is 64.7 Å². The van der Waals surface area contributed by atoms with Crippen LogP contribution in [0.15, 0.2) is 48.5 Å². The minimum atomic E-state index is 0.299. The molecule has 1 saturated heterocycles. The third-order valence-electron chi connectivity index (χ3n) is 4.53. The summed E-state index contributed by atoms with van der Waals surface area (Å²) in [6.07, 6.45) is 2.70. The summed E-state index contributed by atoms with van der Waals surface area (Å²) in [5.41, 5.74) is 2.16. The highest BCUT2D eigenvalue weighted by molar-refractivity contribution is 6.31. The lowest BCUT2D eigenvalue weighted by Crippen LogP contribution is -2.28. The van der Waals surface area contributed by atoms with Crippen molar-refractivity contribution in [3.8, 4) is 5.75 Å². The molecule has 4 nitrogen and oxygen atoms in total. The molecule has 1 fully saturated rings. The maximum absolute atomic E-state index is 11.6. The summed E-state index contributed by atoms with van der Waals surface area (Å²) in [6, 6.07) is 15.8. The second-order valence-electron chi connectivity index (χ2n) is 6.54. The molecule has 1 N–H and O–H groups in total. The van der Waals surface area contributed by atoms with Gasteiger partial charge in [0.25, 0.3) is 0 Å². The van der Waals surface area contributed by atoms with E-state index in [1.165, 1.54) is 5.56 Å². The summed E-state index contributed by atoms with van der Waals surface area (Å²) in [6.45, 7) is 3.92. The van der Waals surface area contributed by atoms with E-state index in [2.05, 4.69) is 11.4 Å². The van der Waals surface area contributed by atoms with Crippen LogP contribution < -0.4 is 10.1 Å². The fraction of sp³-hybridized carbons (Fsp3) is 0.381. The highest BCUT2D eigenvalue weighted by Crippen LogP contribution is 2.19. The van der Waals surface area contributed by atoms with E-state index >= 15 is 0 Å². The first-order chi connectivity index (χ1) is 12.7. The molecule has 0 unspecified atom stereocenters. The van der Waals surface area contributed by atoms with Gasteiger partial charge in [0.2, 0.25) is 5.91 Å². The predicted molar refractivity (Wildman–Crippen MR) is 104 cm³/mol. The van der Waals surface area contributed by atoms with Gasteiger partial charge in [-0.15, -0.1) is 0 Å². The Labute approximate surface area is 160 Å². The molecule has 5 heteroatoms. The topological polar surface area (TPSA) is 41.6 Å². The van der Waals surface area contributed by atoms with Crippen molar-refractivity contribution in [2.45, 2.75) is 32.4 Å². The first kappa shape index (κ1) is 18.7. The number of rotatable bonds is 9. The molecule has 2 aromatic rings.